The number of hydrogen-bond acceptors (Lipinski definition) is 7. The summed E-state index contributed by atoms with van der Waals surface area (Å²) in [6, 6.07) is 38.1. The molecule has 0 fully saturated rings. The molecule has 9 rings (SSSR count). The van der Waals surface area contributed by atoms with Crippen LogP contribution in [0.3, 0.4) is 0 Å². The van der Waals surface area contributed by atoms with Crippen LogP contribution in [0.2, 0.25) is 0 Å². The molecular weight excluding hydrogens is 749 g/mol. The van der Waals surface area contributed by atoms with E-state index in [1.807, 2.05) is 109 Å². The Bertz CT molecular complexity index is 3010. The quantitative estimate of drug-likeness (QED) is 0.105. The number of hydrogen-bond donors (Lipinski definition) is 2. The van der Waals surface area contributed by atoms with Crippen molar-refractivity contribution in [2.24, 2.45) is 0 Å². The maximum atomic E-state index is 11.9. The fourth-order valence-electron chi connectivity index (χ4n) is 7.83. The molecule has 0 unspecified atom stereocenters. The van der Waals surface area contributed by atoms with Gasteiger partial charge in [-0.1, -0.05) is 48.5 Å². The lowest BCUT2D eigenvalue weighted by Gasteiger charge is -2.08. The van der Waals surface area contributed by atoms with E-state index in [1.54, 1.807) is 28.4 Å². The molecule has 294 valence electrons. The maximum Gasteiger partial charge on any atom is 0.142 e. The zero-order chi connectivity index (χ0) is 41.2. The van der Waals surface area contributed by atoms with Crippen molar-refractivity contribution in [3.63, 3.8) is 0 Å². The summed E-state index contributed by atoms with van der Waals surface area (Å²) in [6.07, 6.45) is 12.3. The van der Waals surface area contributed by atoms with Gasteiger partial charge in [-0.3, -0.25) is 4.79 Å². The Hall–Kier alpha value is -7.91. The number of carbonyl (C=O) groups excluding carboxylic acids is 1. The molecule has 60 heavy (non-hydrogen) atoms. The van der Waals surface area contributed by atoms with Gasteiger partial charge in [-0.15, -0.1) is 0 Å². The fraction of sp³-hybridized carbons (Fsp3) is 0.0784. The number of aromatic nitrogens is 4. The van der Waals surface area contributed by atoms with Crippen LogP contribution in [0.15, 0.2) is 121 Å². The topological polar surface area (TPSA) is 111 Å². The maximum absolute atomic E-state index is 11.9. The molecule has 8 bridgehead atoms. The van der Waals surface area contributed by atoms with Crippen LogP contribution in [0.4, 0.5) is 0 Å². The first kappa shape index (κ1) is 37.7. The highest BCUT2D eigenvalue weighted by molar-refractivity contribution is 6.02. The van der Waals surface area contributed by atoms with Crippen LogP contribution in [-0.2, 0) is 4.79 Å². The van der Waals surface area contributed by atoms with E-state index in [-0.39, 0.29) is 0 Å². The largest absolute Gasteiger partial charge is 0.497 e. The number of nitrogens with one attached hydrogen (secondary N) is 2. The summed E-state index contributed by atoms with van der Waals surface area (Å²) in [5, 5.41) is 0. The number of rotatable bonds is 10. The number of benzene rings is 4. The fourth-order valence-corrected chi connectivity index (χ4v) is 7.83. The molecule has 0 saturated carbocycles. The third kappa shape index (κ3) is 7.02. The molecule has 0 saturated heterocycles. The molecule has 5 heterocycles. The van der Waals surface area contributed by atoms with Crippen LogP contribution in [0.1, 0.15) is 28.3 Å². The molecule has 3 aromatic heterocycles. The predicted octanol–water partition coefficient (Wildman–Crippen LogP) is 11.6. The van der Waals surface area contributed by atoms with E-state index < -0.39 is 0 Å². The van der Waals surface area contributed by atoms with E-state index in [1.165, 1.54) is 6.08 Å². The van der Waals surface area contributed by atoms with Gasteiger partial charge in [0.2, 0.25) is 0 Å². The van der Waals surface area contributed by atoms with Gasteiger partial charge in [0.1, 0.15) is 29.3 Å². The Morgan fingerprint density at radius 3 is 1.15 bits per heavy atom. The van der Waals surface area contributed by atoms with Gasteiger partial charge < -0.3 is 28.9 Å². The molecule has 2 N–H and O–H groups in total. The van der Waals surface area contributed by atoms with Crippen molar-refractivity contribution < 1.29 is 23.7 Å². The molecule has 0 spiro atoms. The zero-order valence-corrected chi connectivity index (χ0v) is 33.4. The van der Waals surface area contributed by atoms with Gasteiger partial charge in [0.25, 0.3) is 0 Å². The molecule has 2 aliphatic rings. The standard InChI is InChI=1S/C51H40N4O5/c1-57-36-15-7-31(8-16-36)47-40-23-24-41(52-40)48(32-9-17-37(58-2)18-10-32)43-27-28-45(54-43)50(34-13-21-39(60-4)22-14-34)51-35(6-5-29-56)30-46(55-51)49(44-26-25-42(47)53-44)33-11-19-38(59-3)20-12-33/h5-30,52,55H,1-4H3/b6-5+,47-40?,47-42?,48-41?,48-43?,49-44?,49-46?,50-45?,51-50?. The SMILES string of the molecule is COc1ccc(-c2c3nc(c(-c4ccc(OC)cc4)c4cc(/C=C/C=O)c([nH]4)c(-c4ccc(OC)cc4)c4nc(c(-c5ccc(OC)cc5)c5ccc2[nH]5)C=C4)C=C3)cc1. The molecule has 0 aliphatic carbocycles. The number of H-pyrrole nitrogens is 2. The summed E-state index contributed by atoms with van der Waals surface area (Å²) < 4.78 is 22.2. The molecule has 0 radical (unpaired) electrons. The van der Waals surface area contributed by atoms with Crippen LogP contribution < -0.4 is 18.9 Å². The third-order valence-corrected chi connectivity index (χ3v) is 10.8. The van der Waals surface area contributed by atoms with E-state index in [0.717, 1.165) is 124 Å². The first-order valence-electron chi connectivity index (χ1n) is 19.4. The first-order chi connectivity index (χ1) is 29.5. The normalized spacial score (nSPS) is 11.9. The minimum absolute atomic E-state index is 0.730. The van der Waals surface area contributed by atoms with E-state index in [9.17, 15) is 4.79 Å². The van der Waals surface area contributed by atoms with Gasteiger partial charge in [-0.05, 0) is 125 Å². The average Bonchev–Trinajstić information content (AvgIpc) is 4.14. The van der Waals surface area contributed by atoms with E-state index in [2.05, 4.69) is 46.4 Å². The molecule has 0 amide bonds. The summed E-state index contributed by atoms with van der Waals surface area (Å²) in [5.74, 6) is 2.98. The van der Waals surface area contributed by atoms with Crippen molar-refractivity contribution >= 4 is 58.7 Å². The molecule has 4 aromatic carbocycles. The lowest BCUT2D eigenvalue weighted by Crippen LogP contribution is -1.91. The lowest BCUT2D eigenvalue weighted by molar-refractivity contribution is -0.104. The summed E-state index contributed by atoms with van der Waals surface area (Å²) in [5.41, 5.74) is 14.4. The Labute approximate surface area is 347 Å². The van der Waals surface area contributed by atoms with Crippen LogP contribution in [0.25, 0.3) is 97.0 Å². The highest BCUT2D eigenvalue weighted by Crippen LogP contribution is 2.40. The third-order valence-electron chi connectivity index (χ3n) is 10.8. The van der Waals surface area contributed by atoms with Crippen molar-refractivity contribution in [3.8, 4) is 67.5 Å². The van der Waals surface area contributed by atoms with Gasteiger partial charge in [-0.2, -0.15) is 0 Å². The number of methoxy groups -OCH3 is 4. The zero-order valence-electron chi connectivity index (χ0n) is 33.4. The lowest BCUT2D eigenvalue weighted by atomic mass is 10.0. The van der Waals surface area contributed by atoms with Crippen molar-refractivity contribution in [3.05, 3.63) is 150 Å². The van der Waals surface area contributed by atoms with Crippen molar-refractivity contribution in [2.45, 2.75) is 0 Å². The van der Waals surface area contributed by atoms with E-state index >= 15 is 0 Å². The molecule has 0 atom stereocenters. The number of aromatic amines is 2. The van der Waals surface area contributed by atoms with Gasteiger partial charge in [0, 0.05) is 44.4 Å². The Morgan fingerprint density at radius 2 is 0.783 bits per heavy atom. The second-order valence-corrected chi connectivity index (χ2v) is 14.1. The van der Waals surface area contributed by atoms with Crippen LogP contribution >= 0.6 is 0 Å². The van der Waals surface area contributed by atoms with E-state index in [4.69, 9.17) is 28.9 Å². The number of ether oxygens (including phenoxy) is 4. The summed E-state index contributed by atoms with van der Waals surface area (Å²) in [6.45, 7) is 0. The Morgan fingerprint density at radius 1 is 0.433 bits per heavy atom. The minimum Gasteiger partial charge on any atom is -0.497 e. The number of carbonyl (C=O) groups is 1. The highest BCUT2D eigenvalue weighted by atomic mass is 16.5. The highest BCUT2D eigenvalue weighted by Gasteiger charge is 2.20. The Kier molecular flexibility index (Phi) is 10.1. The van der Waals surface area contributed by atoms with Gasteiger partial charge in [0.05, 0.1) is 56.7 Å². The summed E-state index contributed by atoms with van der Waals surface area (Å²) in [7, 11) is 6.63. The smallest absolute Gasteiger partial charge is 0.142 e. The summed E-state index contributed by atoms with van der Waals surface area (Å²) >= 11 is 0. The van der Waals surface area contributed by atoms with Crippen LogP contribution in [0, 0.1) is 0 Å². The van der Waals surface area contributed by atoms with Gasteiger partial charge in [-0.25, -0.2) is 9.97 Å². The van der Waals surface area contributed by atoms with Crippen molar-refractivity contribution in [1.82, 2.24) is 19.9 Å². The second kappa shape index (κ2) is 16.2. The molecule has 9 heteroatoms. The average molecular weight is 789 g/mol. The van der Waals surface area contributed by atoms with Crippen molar-refractivity contribution in [1.29, 1.82) is 0 Å². The number of fused-ring (bicyclic) bond motifs is 8. The molecule has 9 nitrogen and oxygen atoms in total. The predicted molar refractivity (Wildman–Crippen MR) is 242 cm³/mol. The monoisotopic (exact) mass is 788 g/mol. The summed E-state index contributed by atoms with van der Waals surface area (Å²) in [4.78, 5) is 30.3. The number of allylic oxidation sites excluding steroid dienone is 1. The second-order valence-electron chi connectivity index (χ2n) is 14.1. The van der Waals surface area contributed by atoms with Gasteiger partial charge in [0.15, 0.2) is 0 Å². The Balaban J connectivity index is 1.49. The molecular formula is C51H40N4O5. The van der Waals surface area contributed by atoms with E-state index in [0.29, 0.717) is 0 Å². The van der Waals surface area contributed by atoms with Gasteiger partial charge >= 0.3 is 0 Å². The molecule has 2 aliphatic heterocycles. The molecule has 7 aromatic rings. The number of nitrogens with zero attached hydrogens (tertiary/aromatic N) is 2. The number of aldehydes is 1. The first-order valence-corrected chi connectivity index (χ1v) is 19.4. The van der Waals surface area contributed by atoms with Crippen molar-refractivity contribution in [2.75, 3.05) is 28.4 Å². The van der Waals surface area contributed by atoms with Crippen LogP contribution in [-0.4, -0.2) is 54.7 Å². The minimum atomic E-state index is 0.730. The van der Waals surface area contributed by atoms with Crippen LogP contribution in [0.5, 0.6) is 23.0 Å².